The number of halogens is 6. The summed E-state index contributed by atoms with van der Waals surface area (Å²) < 4.78 is 79.2. The molecular weight excluding hydrogens is 648 g/mol. The normalized spacial score (nSPS) is 16.4. The van der Waals surface area contributed by atoms with Crippen molar-refractivity contribution in [3.05, 3.63) is 89.4 Å². The molecule has 0 saturated carbocycles. The number of alkyl halides is 6. The van der Waals surface area contributed by atoms with Gasteiger partial charge in [0.1, 0.15) is 5.75 Å². The fraction of sp³-hybridized carbons (Fsp3) is 0.394. The Kier molecular flexibility index (Phi) is 11.3. The molecule has 15 heteroatoms. The monoisotopic (exact) mass is 681 g/mol. The minimum Gasteiger partial charge on any atom is -0.619 e. The fourth-order valence-corrected chi connectivity index (χ4v) is 5.66. The van der Waals surface area contributed by atoms with Crippen molar-refractivity contribution in [2.24, 2.45) is 5.41 Å². The van der Waals surface area contributed by atoms with Crippen LogP contribution in [0.5, 0.6) is 17.2 Å². The van der Waals surface area contributed by atoms with Gasteiger partial charge in [-0.25, -0.2) is 0 Å². The van der Waals surface area contributed by atoms with Gasteiger partial charge < -0.3 is 19.6 Å². The molecule has 2 aliphatic heterocycles. The van der Waals surface area contributed by atoms with E-state index >= 15 is 0 Å². The van der Waals surface area contributed by atoms with Crippen molar-refractivity contribution in [1.82, 2.24) is 9.80 Å². The van der Waals surface area contributed by atoms with Crippen LogP contribution in [0.15, 0.2) is 73.1 Å². The number of ether oxygens (including phenoxy) is 2. The molecule has 5 rings (SSSR count). The summed E-state index contributed by atoms with van der Waals surface area (Å²) in [5, 5.41) is 11.3. The lowest BCUT2D eigenvalue weighted by Gasteiger charge is -2.47. The van der Waals surface area contributed by atoms with Crippen molar-refractivity contribution in [2.45, 2.75) is 44.6 Å². The number of aromatic nitrogens is 1. The molecule has 0 bridgehead atoms. The quantitative estimate of drug-likeness (QED) is 0.133. The second-order valence-electron chi connectivity index (χ2n) is 11.6. The molecule has 0 atom stereocenters. The van der Waals surface area contributed by atoms with E-state index in [0.29, 0.717) is 21.5 Å². The summed E-state index contributed by atoms with van der Waals surface area (Å²) in [6, 6.07) is 19.2. The van der Waals surface area contributed by atoms with Gasteiger partial charge in [-0.05, 0) is 74.0 Å². The van der Waals surface area contributed by atoms with Crippen molar-refractivity contribution in [3.8, 4) is 17.2 Å². The predicted octanol–water partition coefficient (Wildman–Crippen LogP) is 5.89. The lowest BCUT2D eigenvalue weighted by molar-refractivity contribution is -0.605. The Labute approximate surface area is 272 Å². The second kappa shape index (κ2) is 15.0. The molecule has 48 heavy (non-hydrogen) atoms. The third-order valence-corrected chi connectivity index (χ3v) is 8.40. The van der Waals surface area contributed by atoms with Crippen LogP contribution in [0, 0.1) is 10.6 Å². The van der Waals surface area contributed by atoms with Gasteiger partial charge in [0.15, 0.2) is 23.9 Å². The smallest absolute Gasteiger partial charge is 0.458 e. The molecule has 2 aliphatic rings. The topological polar surface area (TPSA) is 103 Å². The van der Waals surface area contributed by atoms with E-state index in [1.807, 2.05) is 41.3 Å². The van der Waals surface area contributed by atoms with Crippen LogP contribution in [0.4, 0.5) is 26.3 Å². The molecule has 0 unspecified atom stereocenters. The van der Waals surface area contributed by atoms with Crippen LogP contribution in [0.25, 0.3) is 0 Å². The van der Waals surface area contributed by atoms with E-state index < -0.39 is 23.9 Å². The minimum absolute atomic E-state index is 0.0260. The van der Waals surface area contributed by atoms with Gasteiger partial charge in [-0.15, -0.1) is 0 Å². The summed E-state index contributed by atoms with van der Waals surface area (Å²) in [6.45, 7) is 4.60. The average molecular weight is 682 g/mol. The van der Waals surface area contributed by atoms with Gasteiger partial charge in [-0.2, -0.15) is 31.1 Å². The molecule has 0 aliphatic carbocycles. The van der Waals surface area contributed by atoms with Crippen molar-refractivity contribution in [1.29, 1.82) is 0 Å². The first kappa shape index (κ1) is 36.2. The van der Waals surface area contributed by atoms with Crippen molar-refractivity contribution in [2.75, 3.05) is 33.3 Å². The number of pyridine rings is 1. The highest BCUT2D eigenvalue weighted by Gasteiger charge is 2.54. The molecule has 1 spiro atoms. The highest BCUT2D eigenvalue weighted by Crippen LogP contribution is 2.42. The first-order chi connectivity index (χ1) is 22.6. The predicted molar refractivity (Wildman–Crippen MR) is 159 cm³/mol. The molecule has 1 amide bonds. The number of rotatable bonds is 7. The molecule has 2 saturated heterocycles. The molecule has 9 nitrogen and oxygen atoms in total. The summed E-state index contributed by atoms with van der Waals surface area (Å²) in [5.41, 5.74) is 2.16. The molecule has 1 aromatic heterocycles. The van der Waals surface area contributed by atoms with Crippen LogP contribution in [-0.4, -0.2) is 72.9 Å². The minimum atomic E-state index is -5.77. The van der Waals surface area contributed by atoms with Crippen LogP contribution in [-0.2, 0) is 16.1 Å². The van der Waals surface area contributed by atoms with Gasteiger partial charge >= 0.3 is 23.9 Å². The van der Waals surface area contributed by atoms with E-state index in [1.54, 1.807) is 19.2 Å². The van der Waals surface area contributed by atoms with E-state index in [2.05, 4.69) is 17.0 Å². The Balaban J connectivity index is 0.000000371. The van der Waals surface area contributed by atoms with E-state index in [0.717, 1.165) is 69.9 Å². The third kappa shape index (κ3) is 9.46. The van der Waals surface area contributed by atoms with Crippen molar-refractivity contribution < 1.29 is 54.9 Å². The standard InChI is InChI=1S/C29H33N3O4.C4F6O2/c1-35-26-7-2-3-8-27(26)36-25-6-4-5-23(21-25)22-30-17-11-29(12-18-30)13-19-31(20-14-29)28(33)24-9-15-32(34)16-10-24;5-3(6,7)1(11)2(12)4(8,9)10/h2-10,15-16,21H,11-14,17-20,22H2,1H3;. The maximum absolute atomic E-state index is 12.8. The van der Waals surface area contributed by atoms with Crippen molar-refractivity contribution in [3.63, 3.8) is 0 Å². The largest absolute Gasteiger partial charge is 0.619 e. The number of hydrogen-bond acceptors (Lipinski definition) is 7. The Hall–Kier alpha value is -4.66. The molecule has 2 fully saturated rings. The van der Waals surface area contributed by atoms with Gasteiger partial charge in [0.05, 0.1) is 12.7 Å². The average Bonchev–Trinajstić information content (AvgIpc) is 3.05. The summed E-state index contributed by atoms with van der Waals surface area (Å²) in [4.78, 5) is 36.5. The Morgan fingerprint density at radius 3 is 1.88 bits per heavy atom. The molecule has 0 radical (unpaired) electrons. The van der Waals surface area contributed by atoms with Gasteiger partial charge in [-0.1, -0.05) is 24.3 Å². The summed E-state index contributed by atoms with van der Waals surface area (Å²) in [6.07, 6.45) is -4.36. The number of amides is 1. The number of ketones is 2. The molecule has 3 aromatic rings. The number of hydrogen-bond donors (Lipinski definition) is 0. The fourth-order valence-electron chi connectivity index (χ4n) is 5.66. The number of piperidine rings is 2. The first-order valence-electron chi connectivity index (χ1n) is 14.9. The number of benzene rings is 2. The van der Waals surface area contributed by atoms with E-state index in [9.17, 15) is 45.9 Å². The molecule has 0 N–H and O–H groups in total. The zero-order valence-corrected chi connectivity index (χ0v) is 25.9. The maximum atomic E-state index is 12.8. The lowest BCUT2D eigenvalue weighted by atomic mass is 9.71. The number of Topliss-reactive ketones (excluding diaryl/α,β-unsaturated/α-hetero) is 2. The second-order valence-corrected chi connectivity index (χ2v) is 11.6. The van der Waals surface area contributed by atoms with Crippen LogP contribution < -0.4 is 14.2 Å². The van der Waals surface area contributed by atoms with E-state index in [1.165, 1.54) is 18.0 Å². The first-order valence-corrected chi connectivity index (χ1v) is 14.9. The van der Waals surface area contributed by atoms with Crippen LogP contribution in [0.1, 0.15) is 41.6 Å². The summed E-state index contributed by atoms with van der Waals surface area (Å²) >= 11 is 0. The Bertz CT molecular complexity index is 1550. The lowest BCUT2D eigenvalue weighted by Crippen LogP contribution is -2.48. The van der Waals surface area contributed by atoms with Gasteiger partial charge in [-0.3, -0.25) is 19.3 Å². The Morgan fingerprint density at radius 2 is 1.33 bits per heavy atom. The van der Waals surface area contributed by atoms with E-state index in [-0.39, 0.29) is 5.91 Å². The van der Waals surface area contributed by atoms with Crippen LogP contribution in [0.2, 0.25) is 0 Å². The highest BCUT2D eigenvalue weighted by atomic mass is 19.4. The number of nitrogens with zero attached hydrogens (tertiary/aromatic N) is 3. The summed E-state index contributed by atoms with van der Waals surface area (Å²) in [7, 11) is 1.65. The number of likely N-dealkylation sites (tertiary alicyclic amines) is 2. The number of para-hydroxylation sites is 2. The van der Waals surface area contributed by atoms with Gasteiger partial charge in [0.2, 0.25) is 0 Å². The molecular formula is C33H33F6N3O6. The van der Waals surface area contributed by atoms with Gasteiger partial charge in [0, 0.05) is 31.8 Å². The van der Waals surface area contributed by atoms with Crippen molar-refractivity contribution >= 4 is 17.5 Å². The molecule has 3 heterocycles. The number of carbonyl (C=O) groups excluding carboxylic acids is 3. The summed E-state index contributed by atoms with van der Waals surface area (Å²) in [5.74, 6) is -4.55. The maximum Gasteiger partial charge on any atom is 0.458 e. The van der Waals surface area contributed by atoms with E-state index in [4.69, 9.17) is 9.47 Å². The Morgan fingerprint density at radius 1 is 0.792 bits per heavy atom. The third-order valence-electron chi connectivity index (χ3n) is 8.40. The zero-order valence-electron chi connectivity index (χ0n) is 25.9. The van der Waals surface area contributed by atoms with Crippen LogP contribution in [0.3, 0.4) is 0 Å². The van der Waals surface area contributed by atoms with Gasteiger partial charge in [0.25, 0.3) is 5.91 Å². The van der Waals surface area contributed by atoms with Crippen LogP contribution >= 0.6 is 0 Å². The number of methoxy groups -OCH3 is 1. The molecule has 2 aromatic carbocycles. The molecule has 258 valence electrons. The number of carbonyl (C=O) groups is 3. The zero-order chi connectivity index (χ0) is 35.1. The highest BCUT2D eigenvalue weighted by molar-refractivity contribution is 6.41. The SMILES string of the molecule is COc1ccccc1Oc1cccc(CN2CCC3(CC2)CCN(C(=O)c2cc[n+]([O-])cc2)CC3)c1.O=C(C(=O)C(F)(F)F)C(F)(F)F.